The second-order valence-electron chi connectivity index (χ2n) is 17.9. The van der Waals surface area contributed by atoms with Gasteiger partial charge in [-0.25, -0.2) is 5.10 Å². The summed E-state index contributed by atoms with van der Waals surface area (Å²) in [6.45, 7) is 15.0. The molecule has 0 radical (unpaired) electrons. The first-order chi connectivity index (χ1) is 33.0. The van der Waals surface area contributed by atoms with E-state index >= 15 is 0 Å². The van der Waals surface area contributed by atoms with Gasteiger partial charge >= 0.3 is 0 Å². The lowest BCUT2D eigenvalue weighted by molar-refractivity contribution is -0.169. The van der Waals surface area contributed by atoms with Gasteiger partial charge in [0, 0.05) is 87.2 Å². The van der Waals surface area contributed by atoms with Crippen LogP contribution in [0.4, 0.5) is 11.9 Å². The van der Waals surface area contributed by atoms with Crippen molar-refractivity contribution in [3.63, 3.8) is 0 Å². The fraction of sp³-hybridized carbons (Fsp3) is 0.633. The molecule has 7 N–H and O–H groups in total. The van der Waals surface area contributed by atoms with Crippen LogP contribution in [-0.2, 0) is 31.9 Å². The third kappa shape index (κ3) is 18.0. The number of anilines is 2. The molecule has 4 atom stereocenters. The number of morpholine rings is 2. The Balaban J connectivity index is 0.000000238. The molecule has 0 spiro atoms. The molecular formula is C49H74Cl2N10O7S. The minimum Gasteiger partial charge on any atom is -0.481 e. The molecule has 4 saturated heterocycles. The van der Waals surface area contributed by atoms with Crippen LogP contribution in [-0.4, -0.2) is 157 Å². The molecule has 1 aromatic heterocycles. The van der Waals surface area contributed by atoms with Gasteiger partial charge in [-0.05, 0) is 93.0 Å². The Hall–Kier alpha value is -4.03. The predicted molar refractivity (Wildman–Crippen MR) is 275 cm³/mol. The van der Waals surface area contributed by atoms with Crippen LogP contribution in [0.5, 0.6) is 0 Å². The van der Waals surface area contributed by atoms with E-state index in [0.29, 0.717) is 88.3 Å². The molecule has 0 amide bonds. The Morgan fingerprint density at radius 1 is 0.899 bits per heavy atom. The number of aromatic amines is 1. The summed E-state index contributed by atoms with van der Waals surface area (Å²) in [6.07, 6.45) is 11.2. The van der Waals surface area contributed by atoms with Crippen LogP contribution in [0, 0.1) is 11.5 Å². The number of carboxylic acid groups (broad SMARTS) is 1. The van der Waals surface area contributed by atoms with Gasteiger partial charge in [-0.3, -0.25) is 14.5 Å². The second-order valence-corrected chi connectivity index (χ2v) is 19.5. The van der Waals surface area contributed by atoms with Crippen molar-refractivity contribution in [1.29, 1.82) is 5.26 Å². The molecule has 3 aromatic rings. The Kier molecular flexibility index (Phi) is 24.0. The summed E-state index contributed by atoms with van der Waals surface area (Å²) < 4.78 is 12.2. The largest absolute Gasteiger partial charge is 0.481 e. The molecule has 17 nitrogen and oxygen atoms in total. The topological polar surface area (TPSA) is 239 Å². The quantitative estimate of drug-likeness (QED) is 0.0636. The Labute approximate surface area is 422 Å². The SMILES string of the molecule is CC(=O)O.CCC(O)(CC)[C@H]1CN(C2CCN(c3n[nH]c(N)n3)CC2)[C@@H](Cc2ccc(Cl)cc2)CO1.CCC(O)(CC)[C@H]1CN[C@@H](Cc2ccc(Cl)cc2)CO1.CSC(=NC#N)N1CCC(=O)CC1. The number of aliphatic carboxylic acids is 1. The number of nitrogens with two attached hydrogens (primary N) is 1. The first kappa shape index (κ1) is 57.5. The van der Waals surface area contributed by atoms with Gasteiger partial charge in [0.05, 0.1) is 36.6 Å². The van der Waals surface area contributed by atoms with Gasteiger partial charge in [0.2, 0.25) is 18.1 Å². The van der Waals surface area contributed by atoms with Gasteiger partial charge in [-0.15, -0.1) is 10.1 Å². The molecule has 382 valence electrons. The van der Waals surface area contributed by atoms with E-state index in [4.69, 9.17) is 53.6 Å². The van der Waals surface area contributed by atoms with Crippen molar-refractivity contribution in [2.45, 2.75) is 140 Å². The maximum atomic E-state index is 11.2. The van der Waals surface area contributed by atoms with Crippen molar-refractivity contribution in [2.24, 2.45) is 4.99 Å². The molecule has 4 fully saturated rings. The average Bonchev–Trinajstić information content (AvgIpc) is 3.81. The number of H-pyrrole nitrogens is 1. The Bertz CT molecular complexity index is 2060. The van der Waals surface area contributed by atoms with Crippen LogP contribution in [0.3, 0.4) is 0 Å². The van der Waals surface area contributed by atoms with Crippen LogP contribution in [0.25, 0.3) is 0 Å². The number of halogens is 2. The maximum absolute atomic E-state index is 11.2. The highest BCUT2D eigenvalue weighted by molar-refractivity contribution is 8.13. The summed E-state index contributed by atoms with van der Waals surface area (Å²) in [5.74, 6) is 0.484. The lowest BCUT2D eigenvalue weighted by Gasteiger charge is -2.49. The maximum Gasteiger partial charge on any atom is 0.300 e. The Morgan fingerprint density at radius 3 is 1.88 bits per heavy atom. The number of ketones is 1. The Morgan fingerprint density at radius 2 is 1.42 bits per heavy atom. The summed E-state index contributed by atoms with van der Waals surface area (Å²) in [5.41, 5.74) is 6.70. The fourth-order valence-electron chi connectivity index (χ4n) is 9.01. The molecule has 4 aliphatic rings. The number of benzene rings is 2. The van der Waals surface area contributed by atoms with E-state index in [-0.39, 0.29) is 18.2 Å². The molecule has 0 aliphatic carbocycles. The van der Waals surface area contributed by atoms with Gasteiger partial charge < -0.3 is 45.6 Å². The monoisotopic (exact) mass is 1020 g/mol. The molecule has 7 rings (SSSR count). The van der Waals surface area contributed by atoms with Crippen LogP contribution in [0.15, 0.2) is 53.5 Å². The van der Waals surface area contributed by atoms with E-state index in [1.165, 1.54) is 22.9 Å². The molecule has 0 saturated carbocycles. The van der Waals surface area contributed by atoms with Gasteiger partial charge in [-0.2, -0.15) is 10.2 Å². The number of hydrogen-bond acceptors (Lipinski definition) is 15. The lowest BCUT2D eigenvalue weighted by Crippen LogP contribution is -2.62. The molecule has 69 heavy (non-hydrogen) atoms. The first-order valence-electron chi connectivity index (χ1n) is 24.1. The van der Waals surface area contributed by atoms with Crippen molar-refractivity contribution < 1.29 is 34.4 Å². The van der Waals surface area contributed by atoms with Gasteiger partial charge in [0.15, 0.2) is 5.17 Å². The number of carbonyl (C=O) groups is 2. The van der Waals surface area contributed by atoms with Crippen LogP contribution >= 0.6 is 35.0 Å². The first-order valence-corrected chi connectivity index (χ1v) is 26.0. The van der Waals surface area contributed by atoms with E-state index in [9.17, 15) is 15.0 Å². The van der Waals surface area contributed by atoms with Crippen molar-refractivity contribution in [3.8, 4) is 6.19 Å². The number of hydrogen-bond donors (Lipinski definition) is 6. The number of nitrogens with zero attached hydrogens (tertiary/aromatic N) is 7. The highest BCUT2D eigenvalue weighted by Gasteiger charge is 2.43. The van der Waals surface area contributed by atoms with Gasteiger partial charge in [0.25, 0.3) is 5.97 Å². The summed E-state index contributed by atoms with van der Waals surface area (Å²) in [4.78, 5) is 34.7. The molecular weight excluding hydrogens is 944 g/mol. The van der Waals surface area contributed by atoms with Crippen LogP contribution in [0.1, 0.15) is 97.1 Å². The van der Waals surface area contributed by atoms with E-state index in [0.717, 1.165) is 80.3 Å². The average molecular weight is 1020 g/mol. The zero-order valence-electron chi connectivity index (χ0n) is 41.1. The van der Waals surface area contributed by atoms with Crippen molar-refractivity contribution in [1.82, 2.24) is 30.3 Å². The number of aromatic nitrogens is 3. The zero-order chi connectivity index (χ0) is 50.6. The van der Waals surface area contributed by atoms with E-state index in [1.807, 2.05) is 75.2 Å². The van der Waals surface area contributed by atoms with Crippen LogP contribution < -0.4 is 16.0 Å². The summed E-state index contributed by atoms with van der Waals surface area (Å²) >= 11 is 13.4. The van der Waals surface area contributed by atoms with Crippen LogP contribution in [0.2, 0.25) is 10.0 Å². The van der Waals surface area contributed by atoms with Gasteiger partial charge in [-0.1, -0.05) is 86.9 Å². The minimum atomic E-state index is -0.833. The van der Waals surface area contributed by atoms with E-state index in [1.54, 1.807) is 6.19 Å². The lowest BCUT2D eigenvalue weighted by atomic mass is 9.87. The number of rotatable bonds is 12. The van der Waals surface area contributed by atoms with Crippen molar-refractivity contribution in [2.75, 3.05) is 69.4 Å². The molecule has 4 aliphatic heterocycles. The van der Waals surface area contributed by atoms with E-state index < -0.39 is 17.2 Å². The molecule has 20 heteroatoms. The normalized spacial score (nSPS) is 21.7. The standard InChI is InChI=1S/C23H35ClN6O2.C16H24ClNO2.C8H11N3OS.C2H4O2/c1-3-23(31,4-2)20-14-30(19(15-32-20)13-16-5-7-17(24)8-6-16)18-9-11-29(12-10-18)22-26-21(25)27-28-22;1-3-16(19,4-2)15-10-18-14(11-20-15)9-12-5-7-13(17)8-6-12;1-13-8(10-6-9)11-4-2-7(12)3-5-11;1-2(3)4/h5-8,18-20,31H,3-4,9-15H2,1-2H3,(H3,25,26,27,28);5-8,14-15,18-19H,3-4,9-11H2,1-2H3;2-5H2,1H3;1H3,(H,3,4)/t19-,20+;14-,15+;;/m00../s1. The fourth-order valence-corrected chi connectivity index (χ4v) is 9.84. The molecule has 0 bridgehead atoms. The smallest absolute Gasteiger partial charge is 0.300 e. The number of aliphatic imine (C=N–C) groups is 1. The number of aliphatic hydroxyl groups is 2. The number of amidine groups is 1. The number of Topliss-reactive ketones (excluding diaryl/α,β-unsaturated/α-hetero) is 1. The number of carboxylic acids is 1. The summed E-state index contributed by atoms with van der Waals surface area (Å²) in [5, 5.41) is 50.1. The third-order valence-corrected chi connectivity index (χ3v) is 14.7. The number of thioether (sulfide) groups is 1. The summed E-state index contributed by atoms with van der Waals surface area (Å²) in [6, 6.07) is 17.0. The number of likely N-dealkylation sites (tertiary alicyclic amines) is 1. The number of piperidine rings is 2. The van der Waals surface area contributed by atoms with Gasteiger partial charge in [0.1, 0.15) is 5.78 Å². The minimum absolute atomic E-state index is 0.112. The van der Waals surface area contributed by atoms with E-state index in [2.05, 4.69) is 47.4 Å². The number of carbonyl (C=O) groups excluding carboxylic acids is 1. The predicted octanol–water partition coefficient (Wildman–Crippen LogP) is 6.61. The van der Waals surface area contributed by atoms with Crippen molar-refractivity contribution in [3.05, 3.63) is 69.7 Å². The number of ether oxygens (including phenoxy) is 2. The molecule has 5 heterocycles. The highest BCUT2D eigenvalue weighted by Crippen LogP contribution is 2.32. The second kappa shape index (κ2) is 28.7. The molecule has 2 aromatic carbocycles. The number of nitrogens with one attached hydrogen (secondary N) is 2. The zero-order valence-corrected chi connectivity index (χ0v) is 43.4. The summed E-state index contributed by atoms with van der Waals surface area (Å²) in [7, 11) is 0. The number of nitrogen functional groups attached to an aromatic ring is 1. The third-order valence-electron chi connectivity index (χ3n) is 13.5. The van der Waals surface area contributed by atoms with Crippen molar-refractivity contribution >= 4 is 63.8 Å². The highest BCUT2D eigenvalue weighted by atomic mass is 35.5. The number of nitriles is 1. The molecule has 0 unspecified atom stereocenters.